The average Bonchev–Trinajstić information content (AvgIpc) is 3.41. The summed E-state index contributed by atoms with van der Waals surface area (Å²) in [6, 6.07) is 15.0. The van der Waals surface area contributed by atoms with Gasteiger partial charge in [-0.3, -0.25) is 4.79 Å². The summed E-state index contributed by atoms with van der Waals surface area (Å²) in [4.78, 5) is 16.2. The van der Waals surface area contributed by atoms with Gasteiger partial charge in [0.2, 0.25) is 11.7 Å². The van der Waals surface area contributed by atoms with Crippen LogP contribution in [0.1, 0.15) is 18.1 Å². The monoisotopic (exact) mass is 394 g/mol. The number of aromatic nitrogens is 6. The Labute approximate surface area is 164 Å². The average molecular weight is 394 g/mol. The summed E-state index contributed by atoms with van der Waals surface area (Å²) in [5, 5.41) is 15.2. The van der Waals surface area contributed by atoms with Crippen LogP contribution in [0.5, 0.6) is 0 Å². The van der Waals surface area contributed by atoms with Gasteiger partial charge in [-0.25, -0.2) is 4.39 Å². The Kier molecular flexibility index (Phi) is 5.32. The lowest BCUT2D eigenvalue weighted by molar-refractivity contribution is -0.145. The molecule has 0 atom stereocenters. The molecule has 0 saturated carbocycles. The van der Waals surface area contributed by atoms with Crippen LogP contribution in [0.25, 0.3) is 17.1 Å². The molecule has 29 heavy (non-hydrogen) atoms. The number of nitrogens with zero attached hydrogens (tertiary/aromatic N) is 6. The van der Waals surface area contributed by atoms with E-state index in [1.807, 2.05) is 30.3 Å². The summed E-state index contributed by atoms with van der Waals surface area (Å²) in [6.45, 7) is -0.0641. The molecule has 4 aromatic rings. The molecule has 0 unspecified atom stereocenters. The molecule has 0 bridgehead atoms. The zero-order valence-corrected chi connectivity index (χ0v) is 15.1. The summed E-state index contributed by atoms with van der Waals surface area (Å²) < 4.78 is 24.9. The lowest BCUT2D eigenvalue weighted by Crippen LogP contribution is -2.10. The van der Waals surface area contributed by atoms with Crippen molar-refractivity contribution >= 4 is 5.97 Å². The van der Waals surface area contributed by atoms with Gasteiger partial charge in [-0.05, 0) is 46.8 Å². The largest absolute Gasteiger partial charge is 0.457 e. The molecule has 0 aliphatic heterocycles. The van der Waals surface area contributed by atoms with Gasteiger partial charge < -0.3 is 9.26 Å². The standard InChI is InChI=1S/C19H15FN6O3/c20-14-8-6-13(7-9-14)19-21-17(29-23-19)10-11-18(27)28-12-16-22-24-25-26(16)15-4-2-1-3-5-15/h1-9H,10-12H2. The molecule has 2 aromatic carbocycles. The highest BCUT2D eigenvalue weighted by molar-refractivity contribution is 5.69. The minimum absolute atomic E-state index is 0.0535. The number of halogens is 1. The molecular formula is C19H15FN6O3. The third-order valence-electron chi connectivity index (χ3n) is 4.01. The number of esters is 1. The molecular weight excluding hydrogens is 379 g/mol. The molecule has 10 heteroatoms. The van der Waals surface area contributed by atoms with Crippen molar-refractivity contribution < 1.29 is 18.4 Å². The third kappa shape index (κ3) is 4.49. The van der Waals surface area contributed by atoms with Crippen molar-refractivity contribution in [2.24, 2.45) is 0 Å². The van der Waals surface area contributed by atoms with Crippen LogP contribution in [0.2, 0.25) is 0 Å². The Morgan fingerprint density at radius 1 is 1.10 bits per heavy atom. The molecule has 0 radical (unpaired) electrons. The van der Waals surface area contributed by atoms with Crippen LogP contribution in [0.4, 0.5) is 4.39 Å². The van der Waals surface area contributed by atoms with E-state index in [4.69, 9.17) is 9.26 Å². The number of hydrogen-bond acceptors (Lipinski definition) is 8. The van der Waals surface area contributed by atoms with E-state index in [1.165, 1.54) is 16.8 Å². The number of ether oxygens (including phenoxy) is 1. The molecule has 0 spiro atoms. The Bertz CT molecular complexity index is 1090. The van der Waals surface area contributed by atoms with Gasteiger partial charge in [-0.15, -0.1) is 5.10 Å². The number of aryl methyl sites for hydroxylation is 1. The first-order valence-electron chi connectivity index (χ1n) is 8.76. The number of rotatable bonds is 7. The maximum absolute atomic E-state index is 13.0. The first-order chi connectivity index (χ1) is 14.2. The normalized spacial score (nSPS) is 10.8. The van der Waals surface area contributed by atoms with Gasteiger partial charge in [0.15, 0.2) is 12.4 Å². The SMILES string of the molecule is O=C(CCc1nc(-c2ccc(F)cc2)no1)OCc1nnnn1-c1ccccc1. The number of para-hydroxylation sites is 1. The number of carbonyl (C=O) groups is 1. The fourth-order valence-corrected chi connectivity index (χ4v) is 2.56. The van der Waals surface area contributed by atoms with Gasteiger partial charge in [0.25, 0.3) is 0 Å². The smallest absolute Gasteiger partial charge is 0.306 e. The van der Waals surface area contributed by atoms with Crippen LogP contribution in [0, 0.1) is 5.82 Å². The highest BCUT2D eigenvalue weighted by Gasteiger charge is 2.14. The van der Waals surface area contributed by atoms with E-state index in [0.29, 0.717) is 17.2 Å². The van der Waals surface area contributed by atoms with Crippen LogP contribution in [-0.2, 0) is 22.6 Å². The first-order valence-corrected chi connectivity index (χ1v) is 8.76. The minimum Gasteiger partial charge on any atom is -0.457 e. The van der Waals surface area contributed by atoms with Crippen LogP contribution < -0.4 is 0 Å². The van der Waals surface area contributed by atoms with Gasteiger partial charge in [0, 0.05) is 12.0 Å². The molecule has 0 N–H and O–H groups in total. The van der Waals surface area contributed by atoms with Gasteiger partial charge in [0.1, 0.15) is 5.82 Å². The maximum Gasteiger partial charge on any atom is 0.306 e. The zero-order valence-electron chi connectivity index (χ0n) is 15.1. The molecule has 4 rings (SSSR count). The van der Waals surface area contributed by atoms with Gasteiger partial charge in [-0.1, -0.05) is 23.4 Å². The molecule has 0 saturated heterocycles. The lowest BCUT2D eigenvalue weighted by Gasteiger charge is -2.05. The molecule has 0 fully saturated rings. The highest BCUT2D eigenvalue weighted by Crippen LogP contribution is 2.17. The van der Waals surface area contributed by atoms with E-state index in [0.717, 1.165) is 5.69 Å². The Balaban J connectivity index is 1.30. The minimum atomic E-state index is -0.450. The molecule has 0 aliphatic rings. The van der Waals surface area contributed by atoms with Crippen LogP contribution >= 0.6 is 0 Å². The number of carbonyl (C=O) groups excluding carboxylic acids is 1. The molecule has 0 amide bonds. The van der Waals surface area contributed by atoms with E-state index >= 15 is 0 Å². The molecule has 2 heterocycles. The first kappa shape index (κ1) is 18.4. The molecule has 2 aromatic heterocycles. The lowest BCUT2D eigenvalue weighted by atomic mass is 10.2. The molecule has 0 aliphatic carbocycles. The topological polar surface area (TPSA) is 109 Å². The van der Waals surface area contributed by atoms with Crippen molar-refractivity contribution in [3.8, 4) is 17.1 Å². The van der Waals surface area contributed by atoms with Gasteiger partial charge in [-0.2, -0.15) is 9.67 Å². The fourth-order valence-electron chi connectivity index (χ4n) is 2.56. The van der Waals surface area contributed by atoms with Crippen LogP contribution in [0.3, 0.4) is 0 Å². The summed E-state index contributed by atoms with van der Waals surface area (Å²) in [5.41, 5.74) is 1.39. The second-order valence-corrected chi connectivity index (χ2v) is 6.02. The van der Waals surface area contributed by atoms with Gasteiger partial charge >= 0.3 is 5.97 Å². The second-order valence-electron chi connectivity index (χ2n) is 6.02. The predicted molar refractivity (Wildman–Crippen MR) is 97.0 cm³/mol. The summed E-state index contributed by atoms with van der Waals surface area (Å²) in [6.07, 6.45) is 0.272. The van der Waals surface area contributed by atoms with Crippen molar-refractivity contribution in [2.75, 3.05) is 0 Å². The van der Waals surface area contributed by atoms with E-state index < -0.39 is 5.97 Å². The van der Waals surface area contributed by atoms with E-state index in [2.05, 4.69) is 25.7 Å². The summed E-state index contributed by atoms with van der Waals surface area (Å²) in [5.74, 6) is 0.222. The van der Waals surface area contributed by atoms with Crippen molar-refractivity contribution in [3.05, 3.63) is 72.1 Å². The fraction of sp³-hybridized carbons (Fsp3) is 0.158. The zero-order chi connectivity index (χ0) is 20.1. The Hall–Kier alpha value is -3.95. The maximum atomic E-state index is 13.0. The number of hydrogen-bond donors (Lipinski definition) is 0. The quantitative estimate of drug-likeness (QED) is 0.440. The van der Waals surface area contributed by atoms with Gasteiger partial charge in [0.05, 0.1) is 12.1 Å². The molecule has 146 valence electrons. The predicted octanol–water partition coefficient (Wildman–Crippen LogP) is 2.53. The second kappa shape index (κ2) is 8.38. The summed E-state index contributed by atoms with van der Waals surface area (Å²) in [7, 11) is 0. The Morgan fingerprint density at radius 3 is 2.69 bits per heavy atom. The van der Waals surface area contributed by atoms with Crippen molar-refractivity contribution in [1.82, 2.24) is 30.3 Å². The number of tetrazole rings is 1. The van der Waals surface area contributed by atoms with Crippen molar-refractivity contribution in [1.29, 1.82) is 0 Å². The number of benzene rings is 2. The van der Waals surface area contributed by atoms with Crippen molar-refractivity contribution in [2.45, 2.75) is 19.4 Å². The Morgan fingerprint density at radius 2 is 1.90 bits per heavy atom. The molecule has 9 nitrogen and oxygen atoms in total. The highest BCUT2D eigenvalue weighted by atomic mass is 19.1. The van der Waals surface area contributed by atoms with E-state index in [1.54, 1.807) is 12.1 Å². The van der Waals surface area contributed by atoms with Crippen LogP contribution in [-0.4, -0.2) is 36.3 Å². The van der Waals surface area contributed by atoms with Crippen molar-refractivity contribution in [3.63, 3.8) is 0 Å². The summed E-state index contributed by atoms with van der Waals surface area (Å²) >= 11 is 0. The van der Waals surface area contributed by atoms with E-state index in [9.17, 15) is 9.18 Å². The van der Waals surface area contributed by atoms with Crippen LogP contribution in [0.15, 0.2) is 59.1 Å². The van der Waals surface area contributed by atoms with E-state index in [-0.39, 0.29) is 31.2 Å². The third-order valence-corrected chi connectivity index (χ3v) is 4.01.